The number of hydrogen-bond acceptors (Lipinski definition) is 3. The highest BCUT2D eigenvalue weighted by Gasteiger charge is 2.25. The molecule has 2 rings (SSSR count). The Morgan fingerprint density at radius 3 is 2.88 bits per heavy atom. The number of nitrogens with zero attached hydrogens (tertiary/aromatic N) is 3. The Labute approximate surface area is 153 Å². The molecule has 1 N–H and O–H groups in total. The zero-order chi connectivity index (χ0) is 18.2. The number of hydrogen-bond donors (Lipinski definition) is 1. The Kier molecular flexibility index (Phi) is 7.72. The molecule has 0 amide bonds. The number of benzene rings is 1. The summed E-state index contributed by atoms with van der Waals surface area (Å²) in [7, 11) is 4.04. The summed E-state index contributed by atoms with van der Waals surface area (Å²) in [5.41, 5.74) is 2.56. The summed E-state index contributed by atoms with van der Waals surface area (Å²) in [6.07, 6.45) is 1.28. The van der Waals surface area contributed by atoms with Gasteiger partial charge >= 0.3 is 0 Å². The zero-order valence-electron chi connectivity index (χ0n) is 16.5. The van der Waals surface area contributed by atoms with E-state index < -0.39 is 0 Å². The van der Waals surface area contributed by atoms with Crippen molar-refractivity contribution in [2.45, 2.75) is 39.3 Å². The summed E-state index contributed by atoms with van der Waals surface area (Å²) < 4.78 is 6.03. The van der Waals surface area contributed by atoms with Crippen LogP contribution in [0.1, 0.15) is 37.5 Å². The maximum Gasteiger partial charge on any atom is 0.193 e. The molecule has 1 saturated heterocycles. The molecule has 2 atom stereocenters. The van der Waals surface area contributed by atoms with Crippen LogP contribution in [0.5, 0.6) is 0 Å². The van der Waals surface area contributed by atoms with E-state index in [1.807, 2.05) is 7.05 Å². The van der Waals surface area contributed by atoms with Gasteiger partial charge in [0.1, 0.15) is 6.10 Å². The average Bonchev–Trinajstić information content (AvgIpc) is 2.64. The van der Waals surface area contributed by atoms with Crippen LogP contribution in [0.25, 0.3) is 0 Å². The number of nitrogens with one attached hydrogen (secondary N) is 1. The molecule has 1 aliphatic heterocycles. The standard InChI is InChI=1S/C20H34N4O/c1-6-17(3)23(5)12-11-22-20(21-4)24-13-14-25-19(15-24)18-10-8-7-9-16(18)2/h7-10,17,19H,6,11-15H2,1-5H3,(H,21,22). The normalized spacial score (nSPS) is 20.0. The van der Waals surface area contributed by atoms with Gasteiger partial charge in [-0.05, 0) is 38.4 Å². The lowest BCUT2D eigenvalue weighted by molar-refractivity contribution is -0.00833. The van der Waals surface area contributed by atoms with Gasteiger partial charge in [-0.25, -0.2) is 0 Å². The van der Waals surface area contributed by atoms with E-state index in [0.717, 1.165) is 38.7 Å². The second-order valence-corrected chi connectivity index (χ2v) is 6.87. The molecule has 5 heteroatoms. The molecule has 25 heavy (non-hydrogen) atoms. The predicted octanol–water partition coefficient (Wildman–Crippen LogP) is 2.67. The van der Waals surface area contributed by atoms with E-state index in [2.05, 4.69) is 72.2 Å². The highest BCUT2D eigenvalue weighted by atomic mass is 16.5. The van der Waals surface area contributed by atoms with Crippen molar-refractivity contribution in [1.82, 2.24) is 15.1 Å². The molecule has 0 aliphatic carbocycles. The molecule has 1 aromatic carbocycles. The molecular weight excluding hydrogens is 312 g/mol. The SMILES string of the molecule is CCC(C)N(C)CCNC(=NC)N1CCOC(c2ccccc2C)C1. The first-order chi connectivity index (χ1) is 12.1. The van der Waals surface area contributed by atoms with Crippen molar-refractivity contribution in [3.8, 4) is 0 Å². The number of morpholine rings is 1. The van der Waals surface area contributed by atoms with Gasteiger partial charge in [-0.2, -0.15) is 0 Å². The maximum absolute atomic E-state index is 6.03. The van der Waals surface area contributed by atoms with Crippen LogP contribution >= 0.6 is 0 Å². The highest BCUT2D eigenvalue weighted by Crippen LogP contribution is 2.24. The molecule has 0 spiro atoms. The van der Waals surface area contributed by atoms with Gasteiger partial charge < -0.3 is 19.9 Å². The predicted molar refractivity (Wildman–Crippen MR) is 105 cm³/mol. The number of ether oxygens (including phenoxy) is 1. The van der Waals surface area contributed by atoms with Crippen LogP contribution in [-0.4, -0.2) is 68.7 Å². The summed E-state index contributed by atoms with van der Waals surface area (Å²) in [5.74, 6) is 0.972. The molecule has 1 aromatic rings. The molecular formula is C20H34N4O. The molecule has 2 unspecified atom stereocenters. The van der Waals surface area contributed by atoms with Crippen molar-refractivity contribution in [3.63, 3.8) is 0 Å². The van der Waals surface area contributed by atoms with Crippen LogP contribution < -0.4 is 5.32 Å². The summed E-state index contributed by atoms with van der Waals surface area (Å²) >= 11 is 0. The fraction of sp³-hybridized carbons (Fsp3) is 0.650. The molecule has 5 nitrogen and oxygen atoms in total. The first kappa shape index (κ1) is 19.7. The summed E-state index contributed by atoms with van der Waals surface area (Å²) in [6, 6.07) is 9.09. The van der Waals surface area contributed by atoms with Crippen molar-refractivity contribution < 1.29 is 4.74 Å². The molecule has 1 heterocycles. The quantitative estimate of drug-likeness (QED) is 0.635. The lowest BCUT2D eigenvalue weighted by Crippen LogP contribution is -2.49. The van der Waals surface area contributed by atoms with Crippen molar-refractivity contribution in [2.24, 2.45) is 4.99 Å². The molecule has 0 radical (unpaired) electrons. The molecule has 140 valence electrons. The maximum atomic E-state index is 6.03. The Morgan fingerprint density at radius 1 is 1.44 bits per heavy atom. The number of aliphatic imine (C=N–C) groups is 1. The van der Waals surface area contributed by atoms with Gasteiger partial charge in [0.05, 0.1) is 13.2 Å². The van der Waals surface area contributed by atoms with Gasteiger partial charge in [0.2, 0.25) is 0 Å². The highest BCUT2D eigenvalue weighted by molar-refractivity contribution is 5.80. The van der Waals surface area contributed by atoms with Gasteiger partial charge in [-0.1, -0.05) is 31.2 Å². The van der Waals surface area contributed by atoms with E-state index in [1.54, 1.807) is 0 Å². The van der Waals surface area contributed by atoms with E-state index in [0.29, 0.717) is 6.04 Å². The van der Waals surface area contributed by atoms with E-state index in [9.17, 15) is 0 Å². The zero-order valence-corrected chi connectivity index (χ0v) is 16.5. The third kappa shape index (κ3) is 5.44. The smallest absolute Gasteiger partial charge is 0.193 e. The molecule has 0 aromatic heterocycles. The lowest BCUT2D eigenvalue weighted by Gasteiger charge is -2.36. The summed E-state index contributed by atoms with van der Waals surface area (Å²) in [5, 5.41) is 3.51. The third-order valence-electron chi connectivity index (χ3n) is 5.20. The molecule has 0 bridgehead atoms. The summed E-state index contributed by atoms with van der Waals surface area (Å²) in [6.45, 7) is 11.0. The van der Waals surface area contributed by atoms with E-state index in [4.69, 9.17) is 4.74 Å². The monoisotopic (exact) mass is 346 g/mol. The van der Waals surface area contributed by atoms with Crippen LogP contribution in [0.15, 0.2) is 29.3 Å². The van der Waals surface area contributed by atoms with Gasteiger partial charge in [0.15, 0.2) is 5.96 Å². The van der Waals surface area contributed by atoms with Gasteiger partial charge in [-0.3, -0.25) is 4.99 Å². The van der Waals surface area contributed by atoms with Crippen molar-refractivity contribution in [2.75, 3.05) is 46.9 Å². The largest absolute Gasteiger partial charge is 0.370 e. The molecule has 0 saturated carbocycles. The Morgan fingerprint density at radius 2 is 2.20 bits per heavy atom. The fourth-order valence-corrected chi connectivity index (χ4v) is 3.19. The Bertz CT molecular complexity index is 560. The van der Waals surface area contributed by atoms with E-state index in [-0.39, 0.29) is 6.10 Å². The Balaban J connectivity index is 1.91. The number of likely N-dealkylation sites (N-methyl/N-ethyl adjacent to an activating group) is 1. The van der Waals surface area contributed by atoms with Crippen LogP contribution in [0.4, 0.5) is 0 Å². The summed E-state index contributed by atoms with van der Waals surface area (Å²) in [4.78, 5) is 9.18. The number of guanidine groups is 1. The van der Waals surface area contributed by atoms with Crippen LogP contribution in [0.2, 0.25) is 0 Å². The van der Waals surface area contributed by atoms with Crippen LogP contribution in [0, 0.1) is 6.92 Å². The first-order valence-electron chi connectivity index (χ1n) is 9.39. The minimum Gasteiger partial charge on any atom is -0.370 e. The molecule has 1 aliphatic rings. The first-order valence-corrected chi connectivity index (χ1v) is 9.39. The van der Waals surface area contributed by atoms with Crippen molar-refractivity contribution in [3.05, 3.63) is 35.4 Å². The van der Waals surface area contributed by atoms with E-state index >= 15 is 0 Å². The topological polar surface area (TPSA) is 40.1 Å². The fourth-order valence-electron chi connectivity index (χ4n) is 3.19. The number of rotatable bonds is 6. The minimum absolute atomic E-state index is 0.108. The Hall–Kier alpha value is -1.59. The van der Waals surface area contributed by atoms with Crippen LogP contribution in [-0.2, 0) is 4.74 Å². The number of aryl methyl sites for hydroxylation is 1. The van der Waals surface area contributed by atoms with Crippen molar-refractivity contribution >= 4 is 5.96 Å². The molecule has 1 fully saturated rings. The van der Waals surface area contributed by atoms with Crippen molar-refractivity contribution in [1.29, 1.82) is 0 Å². The van der Waals surface area contributed by atoms with E-state index in [1.165, 1.54) is 17.5 Å². The van der Waals surface area contributed by atoms with Gasteiger partial charge in [-0.15, -0.1) is 0 Å². The second kappa shape index (κ2) is 9.78. The second-order valence-electron chi connectivity index (χ2n) is 6.87. The van der Waals surface area contributed by atoms with Gasteiger partial charge in [0.25, 0.3) is 0 Å². The third-order valence-corrected chi connectivity index (χ3v) is 5.20. The van der Waals surface area contributed by atoms with Crippen LogP contribution in [0.3, 0.4) is 0 Å². The van der Waals surface area contributed by atoms with Gasteiger partial charge in [0, 0.05) is 32.7 Å². The lowest BCUT2D eigenvalue weighted by atomic mass is 10.0. The average molecular weight is 347 g/mol. The minimum atomic E-state index is 0.108.